The molecule has 1 aliphatic carbocycles. The Morgan fingerprint density at radius 1 is 1.37 bits per heavy atom. The maximum atomic E-state index is 12.0. The molecule has 1 fully saturated rings. The molecule has 4 heteroatoms. The first-order chi connectivity index (χ1) is 9.19. The Morgan fingerprint density at radius 3 is 2.89 bits per heavy atom. The van der Waals surface area contributed by atoms with Crippen LogP contribution in [0.5, 0.6) is 0 Å². The maximum Gasteiger partial charge on any atom is 0.319 e. The van der Waals surface area contributed by atoms with Crippen LogP contribution in [0.25, 0.3) is 0 Å². The second-order valence-electron chi connectivity index (χ2n) is 5.37. The highest BCUT2D eigenvalue weighted by molar-refractivity contribution is 5.89. The minimum atomic E-state index is -0.118. The van der Waals surface area contributed by atoms with Crippen molar-refractivity contribution in [2.24, 2.45) is 11.7 Å². The Kier molecular flexibility index (Phi) is 4.80. The predicted molar refractivity (Wildman–Crippen MR) is 77.9 cm³/mol. The van der Waals surface area contributed by atoms with Crippen LogP contribution < -0.4 is 16.4 Å². The van der Waals surface area contributed by atoms with Crippen molar-refractivity contribution >= 4 is 11.7 Å². The first kappa shape index (κ1) is 13.9. The lowest BCUT2D eigenvalue weighted by Gasteiger charge is -2.29. The SMILES string of the molecule is C[C@@H]1CCCC[C@H]1NC(=O)Nc1cccc(CN)c1. The van der Waals surface area contributed by atoms with Gasteiger partial charge < -0.3 is 16.4 Å². The first-order valence-corrected chi connectivity index (χ1v) is 7.05. The van der Waals surface area contributed by atoms with Crippen LogP contribution >= 0.6 is 0 Å². The molecule has 1 aliphatic rings. The highest BCUT2D eigenvalue weighted by Crippen LogP contribution is 2.23. The normalized spacial score (nSPS) is 22.8. The van der Waals surface area contributed by atoms with Gasteiger partial charge in [-0.3, -0.25) is 0 Å². The number of anilines is 1. The van der Waals surface area contributed by atoms with Crippen molar-refractivity contribution in [3.8, 4) is 0 Å². The van der Waals surface area contributed by atoms with Crippen LogP contribution in [0.3, 0.4) is 0 Å². The fourth-order valence-electron chi connectivity index (χ4n) is 2.64. The Hall–Kier alpha value is -1.55. The van der Waals surface area contributed by atoms with Crippen molar-refractivity contribution in [1.82, 2.24) is 5.32 Å². The van der Waals surface area contributed by atoms with Gasteiger partial charge in [0, 0.05) is 18.3 Å². The van der Waals surface area contributed by atoms with Gasteiger partial charge in [-0.15, -0.1) is 0 Å². The van der Waals surface area contributed by atoms with E-state index in [2.05, 4.69) is 17.6 Å². The van der Waals surface area contributed by atoms with Gasteiger partial charge in [-0.25, -0.2) is 4.79 Å². The van der Waals surface area contributed by atoms with E-state index in [-0.39, 0.29) is 6.03 Å². The molecule has 1 aromatic rings. The van der Waals surface area contributed by atoms with Crippen molar-refractivity contribution in [2.45, 2.75) is 45.2 Å². The van der Waals surface area contributed by atoms with Crippen molar-refractivity contribution in [2.75, 3.05) is 5.32 Å². The molecule has 0 heterocycles. The summed E-state index contributed by atoms with van der Waals surface area (Å²) >= 11 is 0. The van der Waals surface area contributed by atoms with Crippen molar-refractivity contribution < 1.29 is 4.79 Å². The molecule has 19 heavy (non-hydrogen) atoms. The Balaban J connectivity index is 1.89. The second kappa shape index (κ2) is 6.57. The third kappa shape index (κ3) is 3.96. The van der Waals surface area contributed by atoms with E-state index in [9.17, 15) is 4.79 Å². The number of benzene rings is 1. The highest BCUT2D eigenvalue weighted by atomic mass is 16.2. The fraction of sp³-hybridized carbons (Fsp3) is 0.533. The predicted octanol–water partition coefficient (Wildman–Crippen LogP) is 2.85. The van der Waals surface area contributed by atoms with E-state index in [1.54, 1.807) is 0 Å². The third-order valence-electron chi connectivity index (χ3n) is 3.85. The maximum absolute atomic E-state index is 12.0. The standard InChI is InChI=1S/C15H23N3O/c1-11-5-2-3-8-14(11)18-15(19)17-13-7-4-6-12(9-13)10-16/h4,6-7,9,11,14H,2-3,5,8,10,16H2,1H3,(H2,17,18,19)/t11-,14-/m1/s1. The van der Waals surface area contributed by atoms with Gasteiger partial charge in [0.15, 0.2) is 0 Å². The molecule has 0 aromatic heterocycles. The molecule has 4 N–H and O–H groups in total. The van der Waals surface area contributed by atoms with Crippen LogP contribution in [0.15, 0.2) is 24.3 Å². The minimum absolute atomic E-state index is 0.118. The molecule has 1 aromatic carbocycles. The number of amides is 2. The molecule has 0 spiro atoms. The van der Waals surface area contributed by atoms with E-state index in [1.807, 2.05) is 24.3 Å². The average molecular weight is 261 g/mol. The van der Waals surface area contributed by atoms with Crippen LogP contribution in [0, 0.1) is 5.92 Å². The lowest BCUT2D eigenvalue weighted by molar-refractivity contribution is 0.232. The van der Waals surface area contributed by atoms with Crippen LogP contribution in [0.1, 0.15) is 38.2 Å². The number of carbonyl (C=O) groups excluding carboxylic acids is 1. The molecule has 0 aliphatic heterocycles. The second-order valence-corrected chi connectivity index (χ2v) is 5.37. The fourth-order valence-corrected chi connectivity index (χ4v) is 2.64. The van der Waals surface area contributed by atoms with Gasteiger partial charge in [0.25, 0.3) is 0 Å². The van der Waals surface area contributed by atoms with Gasteiger partial charge in [0.05, 0.1) is 0 Å². The van der Waals surface area contributed by atoms with E-state index in [4.69, 9.17) is 5.73 Å². The first-order valence-electron chi connectivity index (χ1n) is 7.05. The zero-order valence-corrected chi connectivity index (χ0v) is 11.5. The summed E-state index contributed by atoms with van der Waals surface area (Å²) < 4.78 is 0. The van der Waals surface area contributed by atoms with Crippen molar-refractivity contribution in [1.29, 1.82) is 0 Å². The summed E-state index contributed by atoms with van der Waals surface area (Å²) in [6.45, 7) is 2.69. The van der Waals surface area contributed by atoms with Gasteiger partial charge in [0.2, 0.25) is 0 Å². The summed E-state index contributed by atoms with van der Waals surface area (Å²) in [5.41, 5.74) is 7.40. The van der Waals surface area contributed by atoms with E-state index in [0.29, 0.717) is 18.5 Å². The van der Waals surface area contributed by atoms with Gasteiger partial charge in [0.1, 0.15) is 0 Å². The van der Waals surface area contributed by atoms with Gasteiger partial charge in [-0.05, 0) is 36.5 Å². The molecule has 1 saturated carbocycles. The zero-order chi connectivity index (χ0) is 13.7. The number of hydrogen-bond donors (Lipinski definition) is 3. The summed E-state index contributed by atoms with van der Waals surface area (Å²) in [5.74, 6) is 0.565. The van der Waals surface area contributed by atoms with Crippen molar-refractivity contribution in [3.63, 3.8) is 0 Å². The van der Waals surface area contributed by atoms with Gasteiger partial charge in [-0.1, -0.05) is 31.9 Å². The number of rotatable bonds is 3. The summed E-state index contributed by atoms with van der Waals surface area (Å²) in [6.07, 6.45) is 4.77. The number of hydrogen-bond acceptors (Lipinski definition) is 2. The molecule has 2 amide bonds. The number of nitrogens with two attached hydrogens (primary N) is 1. The lowest BCUT2D eigenvalue weighted by atomic mass is 9.86. The van der Waals surface area contributed by atoms with Gasteiger partial charge in [-0.2, -0.15) is 0 Å². The Bertz CT molecular complexity index is 433. The van der Waals surface area contributed by atoms with E-state index in [0.717, 1.165) is 17.7 Å². The minimum Gasteiger partial charge on any atom is -0.335 e. The number of nitrogens with one attached hydrogen (secondary N) is 2. The van der Waals surface area contributed by atoms with Crippen LogP contribution in [0.4, 0.5) is 10.5 Å². The molecule has 2 rings (SSSR count). The molecule has 0 radical (unpaired) electrons. The quantitative estimate of drug-likeness (QED) is 0.783. The largest absolute Gasteiger partial charge is 0.335 e. The molecule has 4 nitrogen and oxygen atoms in total. The number of urea groups is 1. The highest BCUT2D eigenvalue weighted by Gasteiger charge is 2.22. The molecule has 0 saturated heterocycles. The van der Waals surface area contributed by atoms with Crippen LogP contribution in [-0.4, -0.2) is 12.1 Å². The monoisotopic (exact) mass is 261 g/mol. The molecule has 104 valence electrons. The molecular formula is C15H23N3O. The Labute approximate surface area is 114 Å². The van der Waals surface area contributed by atoms with E-state index < -0.39 is 0 Å². The molecule has 0 unspecified atom stereocenters. The molecule has 0 bridgehead atoms. The lowest BCUT2D eigenvalue weighted by Crippen LogP contribution is -2.43. The third-order valence-corrected chi connectivity index (χ3v) is 3.85. The smallest absolute Gasteiger partial charge is 0.319 e. The van der Waals surface area contributed by atoms with Crippen LogP contribution in [0.2, 0.25) is 0 Å². The topological polar surface area (TPSA) is 67.2 Å². The Morgan fingerprint density at radius 2 is 2.16 bits per heavy atom. The van der Waals surface area contributed by atoms with Crippen molar-refractivity contribution in [3.05, 3.63) is 29.8 Å². The van der Waals surface area contributed by atoms with E-state index in [1.165, 1.54) is 19.3 Å². The summed E-state index contributed by atoms with van der Waals surface area (Å²) in [4.78, 5) is 12.0. The zero-order valence-electron chi connectivity index (χ0n) is 11.5. The summed E-state index contributed by atoms with van der Waals surface area (Å²) in [5, 5.41) is 5.95. The van der Waals surface area contributed by atoms with E-state index >= 15 is 0 Å². The van der Waals surface area contributed by atoms with Gasteiger partial charge >= 0.3 is 6.03 Å². The summed E-state index contributed by atoms with van der Waals surface area (Å²) in [7, 11) is 0. The number of carbonyl (C=O) groups is 1. The summed E-state index contributed by atoms with van der Waals surface area (Å²) in [6, 6.07) is 7.82. The molecular weight excluding hydrogens is 238 g/mol. The molecule has 2 atom stereocenters. The average Bonchev–Trinajstić information content (AvgIpc) is 2.41. The van der Waals surface area contributed by atoms with Crippen LogP contribution in [-0.2, 0) is 6.54 Å².